The van der Waals surface area contributed by atoms with E-state index >= 15 is 0 Å². The molecule has 9 heteroatoms. The first kappa shape index (κ1) is 20.3. The molecule has 142 valence electrons. The number of carbonyl (C=O) groups excluding carboxylic acids is 2. The van der Waals surface area contributed by atoms with Gasteiger partial charge in [0.2, 0.25) is 0 Å². The second-order valence-corrected chi connectivity index (χ2v) is 5.91. The van der Waals surface area contributed by atoms with Gasteiger partial charge in [-0.2, -0.15) is 0 Å². The Morgan fingerprint density at radius 1 is 1.19 bits per heavy atom. The van der Waals surface area contributed by atoms with E-state index in [2.05, 4.69) is 4.98 Å². The SMILES string of the molecule is COC(=O)c1c(C)nc(C)c(C(=O)OCCCl)c1-c1cccc([N+](=O)[O-])c1. The monoisotopic (exact) mass is 392 g/mol. The normalized spacial score (nSPS) is 10.4. The highest BCUT2D eigenvalue weighted by Gasteiger charge is 2.28. The Bertz CT molecular complexity index is 913. The largest absolute Gasteiger partial charge is 0.465 e. The standard InChI is InChI=1S/C18H17ClN2O6/c1-10-14(17(22)26-3)16(12-5-4-6-13(9-12)21(24)25)15(11(2)20-10)18(23)27-8-7-19/h4-6,9H,7-8H2,1-3H3. The van der Waals surface area contributed by atoms with Crippen LogP contribution in [0.15, 0.2) is 24.3 Å². The maximum Gasteiger partial charge on any atom is 0.340 e. The molecule has 0 spiro atoms. The third kappa shape index (κ3) is 4.22. The van der Waals surface area contributed by atoms with Gasteiger partial charge in [0.1, 0.15) is 6.61 Å². The number of carbonyl (C=O) groups is 2. The van der Waals surface area contributed by atoms with Crippen LogP contribution >= 0.6 is 11.6 Å². The molecule has 1 aromatic carbocycles. The summed E-state index contributed by atoms with van der Waals surface area (Å²) in [5, 5.41) is 11.1. The van der Waals surface area contributed by atoms with Crippen LogP contribution in [0.5, 0.6) is 0 Å². The Labute approximate surface area is 160 Å². The molecule has 0 saturated carbocycles. The predicted octanol–water partition coefficient (Wildman–Crippen LogP) is 3.46. The first-order valence-electron chi connectivity index (χ1n) is 7.89. The Morgan fingerprint density at radius 2 is 1.81 bits per heavy atom. The zero-order valence-electron chi connectivity index (χ0n) is 14.9. The second-order valence-electron chi connectivity index (χ2n) is 5.53. The van der Waals surface area contributed by atoms with Gasteiger partial charge >= 0.3 is 11.9 Å². The van der Waals surface area contributed by atoms with Crippen LogP contribution in [-0.4, -0.2) is 41.4 Å². The quantitative estimate of drug-likeness (QED) is 0.320. The lowest BCUT2D eigenvalue weighted by Gasteiger charge is -2.17. The van der Waals surface area contributed by atoms with Gasteiger partial charge < -0.3 is 9.47 Å². The van der Waals surface area contributed by atoms with E-state index in [0.29, 0.717) is 17.0 Å². The molecule has 0 saturated heterocycles. The van der Waals surface area contributed by atoms with Gasteiger partial charge in [0.25, 0.3) is 5.69 Å². The zero-order chi connectivity index (χ0) is 20.1. The van der Waals surface area contributed by atoms with Crippen LogP contribution in [0.2, 0.25) is 0 Å². The van der Waals surface area contributed by atoms with Crippen molar-refractivity contribution in [2.45, 2.75) is 13.8 Å². The fraction of sp³-hybridized carbons (Fsp3) is 0.278. The molecule has 0 atom stereocenters. The van der Waals surface area contributed by atoms with E-state index in [-0.39, 0.29) is 34.9 Å². The second kappa shape index (κ2) is 8.59. The molecule has 2 aromatic rings. The summed E-state index contributed by atoms with van der Waals surface area (Å²) in [4.78, 5) is 39.8. The first-order valence-corrected chi connectivity index (χ1v) is 8.42. The molecule has 8 nitrogen and oxygen atoms in total. The fourth-order valence-corrected chi connectivity index (χ4v) is 2.80. The van der Waals surface area contributed by atoms with Crippen LogP contribution < -0.4 is 0 Å². The number of aryl methyl sites for hydroxylation is 2. The Morgan fingerprint density at radius 3 is 2.37 bits per heavy atom. The summed E-state index contributed by atoms with van der Waals surface area (Å²) in [7, 11) is 1.20. The number of hydrogen-bond donors (Lipinski definition) is 0. The molecule has 1 aromatic heterocycles. The molecule has 0 N–H and O–H groups in total. The number of alkyl halides is 1. The lowest BCUT2D eigenvalue weighted by molar-refractivity contribution is -0.384. The minimum Gasteiger partial charge on any atom is -0.465 e. The average molecular weight is 393 g/mol. The van der Waals surface area contributed by atoms with Crippen molar-refractivity contribution >= 4 is 29.2 Å². The highest BCUT2D eigenvalue weighted by atomic mass is 35.5. The number of rotatable bonds is 6. The number of aromatic nitrogens is 1. The van der Waals surface area contributed by atoms with E-state index in [1.807, 2.05) is 0 Å². The third-order valence-corrected chi connectivity index (χ3v) is 3.96. The van der Waals surface area contributed by atoms with Crippen molar-refractivity contribution in [3.05, 3.63) is 56.9 Å². The summed E-state index contributed by atoms with van der Waals surface area (Å²) in [5.41, 5.74) is 1.02. The molecule has 0 radical (unpaired) electrons. The highest BCUT2D eigenvalue weighted by Crippen LogP contribution is 2.34. The van der Waals surface area contributed by atoms with Gasteiger partial charge in [0.05, 0.1) is 40.4 Å². The number of halogens is 1. The van der Waals surface area contributed by atoms with E-state index in [1.54, 1.807) is 19.9 Å². The number of non-ortho nitro benzene ring substituents is 1. The van der Waals surface area contributed by atoms with E-state index < -0.39 is 16.9 Å². The lowest BCUT2D eigenvalue weighted by Crippen LogP contribution is -2.17. The summed E-state index contributed by atoms with van der Waals surface area (Å²) < 4.78 is 9.94. The van der Waals surface area contributed by atoms with Crippen LogP contribution in [0.1, 0.15) is 32.1 Å². The number of nitro groups is 1. The molecule has 0 bridgehead atoms. The number of nitro benzene ring substituents is 1. The zero-order valence-corrected chi connectivity index (χ0v) is 15.7. The third-order valence-electron chi connectivity index (χ3n) is 3.81. The molecule has 0 aliphatic rings. The molecule has 0 aliphatic carbocycles. The predicted molar refractivity (Wildman–Crippen MR) is 98.1 cm³/mol. The van der Waals surface area contributed by atoms with Gasteiger partial charge in [0, 0.05) is 17.7 Å². The van der Waals surface area contributed by atoms with E-state index in [0.717, 1.165) is 0 Å². The number of benzene rings is 1. The summed E-state index contributed by atoms with van der Waals surface area (Å²) in [5.74, 6) is -1.35. The van der Waals surface area contributed by atoms with Crippen LogP contribution in [0.4, 0.5) is 5.69 Å². The van der Waals surface area contributed by atoms with Gasteiger partial charge in [-0.3, -0.25) is 15.1 Å². The molecular weight excluding hydrogens is 376 g/mol. The number of nitrogens with zero attached hydrogens (tertiary/aromatic N) is 2. The summed E-state index contributed by atoms with van der Waals surface area (Å²) in [6, 6.07) is 5.62. The molecule has 0 amide bonds. The van der Waals surface area contributed by atoms with Gasteiger partial charge in [-0.15, -0.1) is 11.6 Å². The number of methoxy groups -OCH3 is 1. The van der Waals surface area contributed by atoms with Crippen molar-refractivity contribution in [1.82, 2.24) is 4.98 Å². The summed E-state index contributed by atoms with van der Waals surface area (Å²) in [6.45, 7) is 3.15. The Hall–Kier alpha value is -3.00. The van der Waals surface area contributed by atoms with Crippen molar-refractivity contribution < 1.29 is 24.0 Å². The molecule has 1 heterocycles. The molecule has 0 unspecified atom stereocenters. The Balaban J connectivity index is 2.85. The lowest BCUT2D eigenvalue weighted by atomic mass is 9.92. The van der Waals surface area contributed by atoms with Gasteiger partial charge in [-0.25, -0.2) is 9.59 Å². The summed E-state index contributed by atoms with van der Waals surface area (Å²) >= 11 is 5.57. The minimum atomic E-state index is -0.729. The van der Waals surface area contributed by atoms with E-state index in [4.69, 9.17) is 21.1 Å². The molecule has 0 aliphatic heterocycles. The molecule has 0 fully saturated rings. The average Bonchev–Trinajstić information content (AvgIpc) is 2.64. The van der Waals surface area contributed by atoms with Gasteiger partial charge in [-0.05, 0) is 19.4 Å². The number of pyridine rings is 1. The topological polar surface area (TPSA) is 109 Å². The van der Waals surface area contributed by atoms with Crippen molar-refractivity contribution in [2.24, 2.45) is 0 Å². The van der Waals surface area contributed by atoms with Crippen molar-refractivity contribution in [2.75, 3.05) is 19.6 Å². The van der Waals surface area contributed by atoms with Crippen LogP contribution in [0, 0.1) is 24.0 Å². The smallest absolute Gasteiger partial charge is 0.340 e. The van der Waals surface area contributed by atoms with Crippen molar-refractivity contribution in [1.29, 1.82) is 0 Å². The Kier molecular flexibility index (Phi) is 6.46. The first-order chi connectivity index (χ1) is 12.8. The van der Waals surface area contributed by atoms with Crippen molar-refractivity contribution in [3.8, 4) is 11.1 Å². The van der Waals surface area contributed by atoms with Crippen LogP contribution in [-0.2, 0) is 9.47 Å². The maximum atomic E-state index is 12.6. The fourth-order valence-electron chi connectivity index (χ4n) is 2.72. The van der Waals surface area contributed by atoms with Crippen LogP contribution in [0.25, 0.3) is 11.1 Å². The molecule has 2 rings (SSSR count). The van der Waals surface area contributed by atoms with Gasteiger partial charge in [-0.1, -0.05) is 12.1 Å². The number of ether oxygens (including phenoxy) is 2. The highest BCUT2D eigenvalue weighted by molar-refractivity contribution is 6.18. The molecule has 27 heavy (non-hydrogen) atoms. The number of esters is 2. The maximum absolute atomic E-state index is 12.6. The summed E-state index contributed by atoms with van der Waals surface area (Å²) in [6.07, 6.45) is 0. The van der Waals surface area contributed by atoms with Crippen LogP contribution in [0.3, 0.4) is 0 Å². The number of hydrogen-bond acceptors (Lipinski definition) is 7. The minimum absolute atomic E-state index is 0.0321. The van der Waals surface area contributed by atoms with E-state index in [1.165, 1.54) is 25.3 Å². The van der Waals surface area contributed by atoms with Crippen molar-refractivity contribution in [3.63, 3.8) is 0 Å². The van der Waals surface area contributed by atoms with E-state index in [9.17, 15) is 19.7 Å². The molecular formula is C18H17ClN2O6. The van der Waals surface area contributed by atoms with Gasteiger partial charge in [0.15, 0.2) is 0 Å².